The standard InChI is InChI=1S/C18H18N3O5P/c22-18(25-12-15-4-2-1-3-5-15)20-14-27(23,24)26-17-8-6-16(7-9-17)21-11-10-19-13-21/h1-11,13H,12,14H2,(H,20,22)(H,23,24). The largest absolute Gasteiger partial charge is 0.445 e. The van der Waals surface area contributed by atoms with Gasteiger partial charge < -0.3 is 24.0 Å². The minimum Gasteiger partial charge on any atom is -0.445 e. The van der Waals surface area contributed by atoms with E-state index in [0.29, 0.717) is 0 Å². The first-order valence-electron chi connectivity index (χ1n) is 8.06. The quantitative estimate of drug-likeness (QED) is 0.603. The second kappa shape index (κ2) is 8.53. The fraction of sp³-hybridized carbons (Fsp3) is 0.111. The van der Waals surface area contributed by atoms with Crippen LogP contribution in [0.25, 0.3) is 5.69 Å². The zero-order chi connectivity index (χ0) is 19.1. The highest BCUT2D eigenvalue weighted by atomic mass is 31.2. The molecule has 1 aromatic heterocycles. The monoisotopic (exact) mass is 387 g/mol. The normalized spacial score (nSPS) is 12.8. The van der Waals surface area contributed by atoms with Crippen molar-refractivity contribution in [2.24, 2.45) is 0 Å². The van der Waals surface area contributed by atoms with E-state index in [1.807, 2.05) is 18.2 Å². The van der Waals surface area contributed by atoms with Crippen LogP contribution in [0.4, 0.5) is 4.79 Å². The summed E-state index contributed by atoms with van der Waals surface area (Å²) in [5, 5.41) is 2.24. The molecule has 0 aliphatic heterocycles. The SMILES string of the molecule is O=C(NCP(=O)(O)Oc1ccc(-n2ccnc2)cc1)OCc1ccccc1. The smallest absolute Gasteiger partial charge is 0.408 e. The average molecular weight is 387 g/mol. The molecule has 1 unspecified atom stereocenters. The molecule has 9 heteroatoms. The summed E-state index contributed by atoms with van der Waals surface area (Å²) in [6.07, 6.45) is 3.70. The first-order valence-corrected chi connectivity index (χ1v) is 9.82. The van der Waals surface area contributed by atoms with Gasteiger partial charge in [0.2, 0.25) is 0 Å². The number of ether oxygens (including phenoxy) is 1. The van der Waals surface area contributed by atoms with Gasteiger partial charge in [0.15, 0.2) is 0 Å². The molecule has 8 nitrogen and oxygen atoms in total. The van der Waals surface area contributed by atoms with Gasteiger partial charge in [0, 0.05) is 18.1 Å². The molecule has 0 bridgehead atoms. The molecule has 2 N–H and O–H groups in total. The summed E-state index contributed by atoms with van der Waals surface area (Å²) in [6.45, 7) is 0.0684. The molecule has 0 aliphatic rings. The van der Waals surface area contributed by atoms with Gasteiger partial charge in [-0.05, 0) is 29.8 Å². The number of carbonyl (C=O) groups excluding carboxylic acids is 1. The number of benzene rings is 2. The van der Waals surface area contributed by atoms with Crippen molar-refractivity contribution in [2.75, 3.05) is 6.29 Å². The van der Waals surface area contributed by atoms with Crippen LogP contribution < -0.4 is 9.84 Å². The van der Waals surface area contributed by atoms with E-state index in [-0.39, 0.29) is 12.4 Å². The Balaban J connectivity index is 1.48. The predicted octanol–water partition coefficient (Wildman–Crippen LogP) is 3.32. The molecule has 27 heavy (non-hydrogen) atoms. The number of aromatic nitrogens is 2. The first-order chi connectivity index (χ1) is 13.0. The van der Waals surface area contributed by atoms with Crippen molar-refractivity contribution in [3.63, 3.8) is 0 Å². The Kier molecular flexibility index (Phi) is 5.90. The van der Waals surface area contributed by atoms with Crippen LogP contribution in [0.1, 0.15) is 5.56 Å². The summed E-state index contributed by atoms with van der Waals surface area (Å²) in [5.74, 6) is 0.212. The molecule has 0 spiro atoms. The van der Waals surface area contributed by atoms with Gasteiger partial charge in [-0.3, -0.25) is 0 Å². The molecule has 2 aromatic carbocycles. The number of carbonyl (C=O) groups is 1. The molecule has 0 saturated carbocycles. The topological polar surface area (TPSA) is 103 Å². The van der Waals surface area contributed by atoms with E-state index in [9.17, 15) is 14.3 Å². The Bertz CT molecular complexity index is 914. The van der Waals surface area contributed by atoms with Gasteiger partial charge in [-0.15, -0.1) is 0 Å². The van der Waals surface area contributed by atoms with Gasteiger partial charge in [0.25, 0.3) is 0 Å². The second-order valence-corrected chi connectivity index (χ2v) is 7.36. The molecular formula is C18H18N3O5P. The molecule has 1 atom stereocenters. The number of amides is 1. The molecule has 0 saturated heterocycles. The minimum atomic E-state index is -4.07. The van der Waals surface area contributed by atoms with Crippen LogP contribution in [-0.4, -0.2) is 26.8 Å². The van der Waals surface area contributed by atoms with Gasteiger partial charge in [0.1, 0.15) is 18.6 Å². The number of imidazole rings is 1. The van der Waals surface area contributed by atoms with Crippen LogP contribution >= 0.6 is 7.60 Å². The van der Waals surface area contributed by atoms with Crippen molar-refractivity contribution in [3.8, 4) is 11.4 Å². The number of alkyl carbamates (subject to hydrolysis) is 1. The van der Waals surface area contributed by atoms with E-state index in [1.165, 1.54) is 0 Å². The van der Waals surface area contributed by atoms with Crippen molar-refractivity contribution >= 4 is 13.7 Å². The van der Waals surface area contributed by atoms with Crippen LogP contribution in [0.3, 0.4) is 0 Å². The lowest BCUT2D eigenvalue weighted by atomic mass is 10.2. The van der Waals surface area contributed by atoms with Gasteiger partial charge in [0.05, 0.1) is 6.33 Å². The Hall–Kier alpha value is -3.09. The molecule has 3 aromatic rings. The third-order valence-corrected chi connectivity index (χ3v) is 4.58. The summed E-state index contributed by atoms with van der Waals surface area (Å²) in [4.78, 5) is 25.5. The molecule has 140 valence electrons. The molecular weight excluding hydrogens is 369 g/mol. The Morgan fingerprint density at radius 1 is 1.15 bits per heavy atom. The lowest BCUT2D eigenvalue weighted by Crippen LogP contribution is -2.26. The van der Waals surface area contributed by atoms with E-state index in [0.717, 1.165) is 11.3 Å². The van der Waals surface area contributed by atoms with E-state index < -0.39 is 20.0 Å². The zero-order valence-electron chi connectivity index (χ0n) is 14.3. The van der Waals surface area contributed by atoms with Crippen molar-refractivity contribution in [1.29, 1.82) is 0 Å². The number of hydrogen-bond acceptors (Lipinski definition) is 5. The van der Waals surface area contributed by atoms with Crippen molar-refractivity contribution in [2.45, 2.75) is 6.61 Å². The fourth-order valence-electron chi connectivity index (χ4n) is 2.23. The van der Waals surface area contributed by atoms with E-state index in [1.54, 1.807) is 59.7 Å². The van der Waals surface area contributed by atoms with E-state index in [2.05, 4.69) is 10.3 Å². The highest BCUT2D eigenvalue weighted by molar-refractivity contribution is 7.53. The second-order valence-electron chi connectivity index (χ2n) is 5.59. The number of rotatable bonds is 7. The molecule has 1 heterocycles. The Morgan fingerprint density at radius 3 is 2.56 bits per heavy atom. The fourth-order valence-corrected chi connectivity index (χ4v) is 3.07. The summed E-state index contributed by atoms with van der Waals surface area (Å²) in [5.41, 5.74) is 1.64. The third kappa shape index (κ3) is 5.70. The van der Waals surface area contributed by atoms with Crippen LogP contribution in [-0.2, 0) is 15.9 Å². The maximum absolute atomic E-state index is 12.1. The lowest BCUT2D eigenvalue weighted by molar-refractivity contribution is 0.140. The predicted molar refractivity (Wildman–Crippen MR) is 98.6 cm³/mol. The van der Waals surface area contributed by atoms with Crippen molar-refractivity contribution in [3.05, 3.63) is 78.9 Å². The third-order valence-electron chi connectivity index (χ3n) is 3.52. The van der Waals surface area contributed by atoms with Crippen LogP contribution in [0.5, 0.6) is 5.75 Å². The van der Waals surface area contributed by atoms with Gasteiger partial charge in [-0.25, -0.2) is 14.3 Å². The summed E-state index contributed by atoms with van der Waals surface area (Å²) in [7, 11) is -4.07. The van der Waals surface area contributed by atoms with Crippen molar-refractivity contribution in [1.82, 2.24) is 14.9 Å². The lowest BCUT2D eigenvalue weighted by Gasteiger charge is -2.14. The maximum Gasteiger partial charge on any atom is 0.408 e. The highest BCUT2D eigenvalue weighted by Gasteiger charge is 2.22. The van der Waals surface area contributed by atoms with E-state index in [4.69, 9.17) is 9.26 Å². The van der Waals surface area contributed by atoms with E-state index >= 15 is 0 Å². The Labute approximate surface area is 155 Å². The zero-order valence-corrected chi connectivity index (χ0v) is 15.2. The number of hydrogen-bond donors (Lipinski definition) is 2. The van der Waals surface area contributed by atoms with Crippen LogP contribution in [0.15, 0.2) is 73.3 Å². The first kappa shape index (κ1) is 18.7. The molecule has 1 amide bonds. The molecule has 0 aliphatic carbocycles. The molecule has 3 rings (SSSR count). The van der Waals surface area contributed by atoms with Crippen molar-refractivity contribution < 1.29 is 23.5 Å². The average Bonchev–Trinajstić information content (AvgIpc) is 3.21. The van der Waals surface area contributed by atoms with Gasteiger partial charge in [-0.2, -0.15) is 0 Å². The minimum absolute atomic E-state index is 0.0684. The molecule has 0 radical (unpaired) electrons. The summed E-state index contributed by atoms with van der Waals surface area (Å²) >= 11 is 0. The summed E-state index contributed by atoms with van der Waals surface area (Å²) in [6, 6.07) is 15.7. The molecule has 0 fully saturated rings. The highest BCUT2D eigenvalue weighted by Crippen LogP contribution is 2.41. The van der Waals surface area contributed by atoms with Crippen LogP contribution in [0.2, 0.25) is 0 Å². The number of nitrogens with one attached hydrogen (secondary N) is 1. The van der Waals surface area contributed by atoms with Gasteiger partial charge in [-0.1, -0.05) is 30.3 Å². The summed E-state index contributed by atoms with van der Waals surface area (Å²) < 4.78 is 24.0. The maximum atomic E-state index is 12.1. The van der Waals surface area contributed by atoms with Crippen LogP contribution in [0, 0.1) is 0 Å². The Morgan fingerprint density at radius 2 is 1.89 bits per heavy atom. The number of nitrogens with zero attached hydrogens (tertiary/aromatic N) is 2. The van der Waals surface area contributed by atoms with Gasteiger partial charge >= 0.3 is 13.7 Å².